The minimum absolute atomic E-state index is 0.112. The molecule has 0 aromatic heterocycles. The molecule has 3 nitrogen and oxygen atoms in total. The van der Waals surface area contributed by atoms with E-state index < -0.39 is 0 Å². The van der Waals surface area contributed by atoms with Gasteiger partial charge in [0.15, 0.2) is 0 Å². The van der Waals surface area contributed by atoms with Crippen LogP contribution in [0.15, 0.2) is 0 Å². The second kappa shape index (κ2) is 5.60. The first-order chi connectivity index (χ1) is 8.46. The summed E-state index contributed by atoms with van der Waals surface area (Å²) in [5.41, 5.74) is 0.112. The molecule has 104 valence electrons. The minimum Gasteiger partial charge on any atom is -0.343 e. The van der Waals surface area contributed by atoms with Crippen molar-refractivity contribution in [2.45, 2.75) is 58.9 Å². The Morgan fingerprint density at radius 3 is 2.39 bits per heavy atom. The predicted octanol–water partition coefficient (Wildman–Crippen LogP) is 2.41. The highest BCUT2D eigenvalue weighted by Gasteiger charge is 2.30. The average Bonchev–Trinajstić information content (AvgIpc) is 2.80. The molecule has 2 fully saturated rings. The Morgan fingerprint density at radius 1 is 1.22 bits per heavy atom. The van der Waals surface area contributed by atoms with Crippen molar-refractivity contribution in [2.24, 2.45) is 11.3 Å². The lowest BCUT2D eigenvalue weighted by molar-refractivity contribution is -0.134. The van der Waals surface area contributed by atoms with E-state index in [-0.39, 0.29) is 5.41 Å². The molecule has 0 aliphatic carbocycles. The van der Waals surface area contributed by atoms with Crippen LogP contribution in [0, 0.1) is 11.3 Å². The van der Waals surface area contributed by atoms with E-state index in [4.69, 9.17) is 0 Å². The van der Waals surface area contributed by atoms with Gasteiger partial charge in [-0.15, -0.1) is 0 Å². The number of nitrogens with one attached hydrogen (secondary N) is 1. The molecule has 3 heteroatoms. The number of rotatable bonds is 2. The lowest BCUT2D eigenvalue weighted by Gasteiger charge is -2.36. The Labute approximate surface area is 111 Å². The zero-order chi connectivity index (χ0) is 13.2. The molecule has 1 amide bonds. The van der Waals surface area contributed by atoms with Gasteiger partial charge in [-0.05, 0) is 43.6 Å². The Morgan fingerprint density at radius 2 is 1.89 bits per heavy atom. The fraction of sp³-hybridized carbons (Fsp3) is 0.933. The maximum Gasteiger partial charge on any atom is 0.223 e. The molecular weight excluding hydrogens is 224 g/mol. The molecule has 1 atom stereocenters. The van der Waals surface area contributed by atoms with Gasteiger partial charge in [0.1, 0.15) is 0 Å². The van der Waals surface area contributed by atoms with Crippen LogP contribution in [-0.4, -0.2) is 36.5 Å². The summed E-state index contributed by atoms with van der Waals surface area (Å²) in [4.78, 5) is 14.2. The highest BCUT2D eigenvalue weighted by Crippen LogP contribution is 2.27. The number of piperidine rings is 1. The molecule has 1 N–H and O–H groups in total. The molecule has 2 heterocycles. The normalized spacial score (nSPS) is 26.6. The van der Waals surface area contributed by atoms with Gasteiger partial charge in [-0.1, -0.05) is 20.8 Å². The van der Waals surface area contributed by atoms with E-state index in [1.807, 2.05) is 0 Å². The molecule has 0 saturated carbocycles. The summed E-state index contributed by atoms with van der Waals surface area (Å²) in [5.74, 6) is 1.14. The molecule has 2 aliphatic heterocycles. The van der Waals surface area contributed by atoms with Gasteiger partial charge in [-0.25, -0.2) is 0 Å². The highest BCUT2D eigenvalue weighted by atomic mass is 16.2. The number of amides is 1. The summed E-state index contributed by atoms with van der Waals surface area (Å²) in [6.07, 6.45) is 5.72. The second-order valence-electron chi connectivity index (χ2n) is 7.16. The number of likely N-dealkylation sites (tertiary alicyclic amines) is 1. The quantitative estimate of drug-likeness (QED) is 0.818. The van der Waals surface area contributed by atoms with Crippen molar-refractivity contribution in [1.29, 1.82) is 0 Å². The summed E-state index contributed by atoms with van der Waals surface area (Å²) >= 11 is 0. The van der Waals surface area contributed by atoms with E-state index in [9.17, 15) is 4.79 Å². The van der Waals surface area contributed by atoms with Gasteiger partial charge in [-0.3, -0.25) is 4.79 Å². The summed E-state index contributed by atoms with van der Waals surface area (Å²) in [6, 6.07) is 0.727. The van der Waals surface area contributed by atoms with Crippen molar-refractivity contribution >= 4 is 5.91 Å². The van der Waals surface area contributed by atoms with E-state index in [0.29, 0.717) is 12.3 Å². The van der Waals surface area contributed by atoms with Crippen molar-refractivity contribution in [3.05, 3.63) is 0 Å². The molecule has 0 aromatic carbocycles. The van der Waals surface area contributed by atoms with Gasteiger partial charge < -0.3 is 10.2 Å². The Hall–Kier alpha value is -0.570. The van der Waals surface area contributed by atoms with Crippen molar-refractivity contribution < 1.29 is 4.79 Å². The van der Waals surface area contributed by atoms with E-state index in [0.717, 1.165) is 25.0 Å². The Bertz CT molecular complexity index is 281. The van der Waals surface area contributed by atoms with Crippen LogP contribution in [0.5, 0.6) is 0 Å². The van der Waals surface area contributed by atoms with Crippen LogP contribution in [0.25, 0.3) is 0 Å². The third kappa shape index (κ3) is 3.71. The van der Waals surface area contributed by atoms with Crippen LogP contribution in [0.1, 0.15) is 52.9 Å². The lowest BCUT2D eigenvalue weighted by atomic mass is 9.87. The molecule has 1 unspecified atom stereocenters. The zero-order valence-corrected chi connectivity index (χ0v) is 12.2. The van der Waals surface area contributed by atoms with E-state index in [2.05, 4.69) is 31.0 Å². The van der Waals surface area contributed by atoms with Crippen LogP contribution in [-0.2, 0) is 4.79 Å². The highest BCUT2D eigenvalue weighted by molar-refractivity contribution is 5.76. The first-order valence-electron chi connectivity index (χ1n) is 7.47. The third-order valence-electron chi connectivity index (χ3n) is 4.24. The monoisotopic (exact) mass is 252 g/mol. The SMILES string of the molecule is CC(C)(C)CC(=O)N1CCC(C2CCCN2)CC1. The smallest absolute Gasteiger partial charge is 0.223 e. The fourth-order valence-electron chi connectivity index (χ4n) is 3.23. The summed E-state index contributed by atoms with van der Waals surface area (Å²) in [6.45, 7) is 9.55. The van der Waals surface area contributed by atoms with Gasteiger partial charge in [0, 0.05) is 25.6 Å². The largest absolute Gasteiger partial charge is 0.343 e. The number of carbonyl (C=O) groups is 1. The minimum atomic E-state index is 0.112. The van der Waals surface area contributed by atoms with Gasteiger partial charge in [0.2, 0.25) is 5.91 Å². The number of nitrogens with zero attached hydrogens (tertiary/aromatic N) is 1. The zero-order valence-electron chi connectivity index (χ0n) is 12.2. The van der Waals surface area contributed by atoms with Crippen LogP contribution in [0.3, 0.4) is 0 Å². The maximum atomic E-state index is 12.2. The number of carbonyl (C=O) groups excluding carboxylic acids is 1. The van der Waals surface area contributed by atoms with Gasteiger partial charge in [-0.2, -0.15) is 0 Å². The van der Waals surface area contributed by atoms with Crippen molar-refractivity contribution in [3.8, 4) is 0 Å². The summed E-state index contributed by atoms with van der Waals surface area (Å²) in [7, 11) is 0. The van der Waals surface area contributed by atoms with Crippen molar-refractivity contribution in [1.82, 2.24) is 10.2 Å². The molecule has 2 saturated heterocycles. The summed E-state index contributed by atoms with van der Waals surface area (Å²) in [5, 5.41) is 3.61. The van der Waals surface area contributed by atoms with E-state index in [1.165, 1.54) is 32.2 Å². The van der Waals surface area contributed by atoms with E-state index in [1.54, 1.807) is 0 Å². The maximum absolute atomic E-state index is 12.2. The van der Waals surface area contributed by atoms with Crippen LogP contribution in [0.4, 0.5) is 0 Å². The van der Waals surface area contributed by atoms with Crippen molar-refractivity contribution in [3.63, 3.8) is 0 Å². The molecule has 0 spiro atoms. The summed E-state index contributed by atoms with van der Waals surface area (Å²) < 4.78 is 0. The van der Waals surface area contributed by atoms with Gasteiger partial charge in [0.25, 0.3) is 0 Å². The molecular formula is C15H28N2O. The van der Waals surface area contributed by atoms with Crippen LogP contribution < -0.4 is 5.32 Å². The Balaban J connectivity index is 1.77. The Kier molecular flexibility index (Phi) is 4.31. The average molecular weight is 252 g/mol. The van der Waals surface area contributed by atoms with Crippen LogP contribution in [0.2, 0.25) is 0 Å². The first-order valence-corrected chi connectivity index (χ1v) is 7.47. The second-order valence-corrected chi connectivity index (χ2v) is 7.16. The standard InChI is InChI=1S/C15H28N2O/c1-15(2,3)11-14(18)17-9-6-12(7-10-17)13-5-4-8-16-13/h12-13,16H,4-11H2,1-3H3. The topological polar surface area (TPSA) is 32.3 Å². The van der Waals surface area contributed by atoms with Crippen LogP contribution >= 0.6 is 0 Å². The van der Waals surface area contributed by atoms with Crippen molar-refractivity contribution in [2.75, 3.05) is 19.6 Å². The van der Waals surface area contributed by atoms with Gasteiger partial charge >= 0.3 is 0 Å². The number of hydrogen-bond acceptors (Lipinski definition) is 2. The fourth-order valence-corrected chi connectivity index (χ4v) is 3.23. The molecule has 18 heavy (non-hydrogen) atoms. The molecule has 2 aliphatic rings. The van der Waals surface area contributed by atoms with Gasteiger partial charge in [0.05, 0.1) is 0 Å². The first kappa shape index (κ1) is 13.9. The predicted molar refractivity (Wildman–Crippen MR) is 74.4 cm³/mol. The molecule has 0 bridgehead atoms. The molecule has 2 rings (SSSR count). The lowest BCUT2D eigenvalue weighted by Crippen LogP contribution is -2.44. The number of hydrogen-bond donors (Lipinski definition) is 1. The van der Waals surface area contributed by atoms with E-state index >= 15 is 0 Å². The molecule has 0 radical (unpaired) electrons. The third-order valence-corrected chi connectivity index (χ3v) is 4.24. The molecule has 0 aromatic rings.